The quantitative estimate of drug-likeness (QED) is 0.782. The van der Waals surface area contributed by atoms with Gasteiger partial charge >= 0.3 is 13.2 Å². The van der Waals surface area contributed by atoms with Crippen molar-refractivity contribution in [1.29, 1.82) is 0 Å². The summed E-state index contributed by atoms with van der Waals surface area (Å²) in [5.41, 5.74) is -0.529. The van der Waals surface area contributed by atoms with Crippen LogP contribution in [0.2, 0.25) is 0 Å². The molecule has 0 aliphatic carbocycles. The Hall–Kier alpha value is -1.60. The second-order valence-electron chi connectivity index (χ2n) is 7.68. The third-order valence-electron chi connectivity index (χ3n) is 3.90. The number of hydrogen-bond donors (Lipinski definition) is 0. The van der Waals surface area contributed by atoms with Crippen LogP contribution in [0.5, 0.6) is 0 Å². The molecule has 0 aromatic carbocycles. The zero-order chi connectivity index (χ0) is 17.5. The third kappa shape index (κ3) is 4.23. The first-order valence-corrected chi connectivity index (χ1v) is 7.71. The Balaban J connectivity index is 2.01. The standard InChI is InChI=1S/C16H25BN2O4/c1-14(2,3)21-13(20)19-11-12(10-18-19)8-9-17-22-15(4,5)16(6,7)23-17/h8-11H,1-7H3/b9-8+. The molecule has 7 heteroatoms. The smallest absolute Gasteiger partial charge is 0.442 e. The maximum Gasteiger partial charge on any atom is 0.487 e. The summed E-state index contributed by atoms with van der Waals surface area (Å²) in [6, 6.07) is 0. The van der Waals surface area contributed by atoms with Crippen molar-refractivity contribution in [2.24, 2.45) is 0 Å². The zero-order valence-corrected chi connectivity index (χ0v) is 14.9. The van der Waals surface area contributed by atoms with Gasteiger partial charge in [-0.25, -0.2) is 4.79 Å². The lowest BCUT2D eigenvalue weighted by molar-refractivity contribution is 0.00578. The summed E-state index contributed by atoms with van der Waals surface area (Å²) in [6.07, 6.45) is 4.50. The fourth-order valence-electron chi connectivity index (χ4n) is 1.99. The van der Waals surface area contributed by atoms with Gasteiger partial charge in [0.2, 0.25) is 0 Å². The van der Waals surface area contributed by atoms with Crippen LogP contribution in [0.1, 0.15) is 54.0 Å². The predicted molar refractivity (Wildman–Crippen MR) is 89.0 cm³/mol. The fraction of sp³-hybridized carbons (Fsp3) is 0.625. The van der Waals surface area contributed by atoms with E-state index in [-0.39, 0.29) is 11.2 Å². The summed E-state index contributed by atoms with van der Waals surface area (Å²) < 4.78 is 18.2. The molecule has 0 N–H and O–H groups in total. The summed E-state index contributed by atoms with van der Waals surface area (Å²) in [5, 5.41) is 4.01. The number of rotatable bonds is 2. The molecule has 1 aromatic heterocycles. The summed E-state index contributed by atoms with van der Waals surface area (Å²) in [6.45, 7) is 13.4. The maximum atomic E-state index is 11.9. The molecule has 0 saturated carbocycles. The van der Waals surface area contributed by atoms with Crippen LogP contribution in [-0.4, -0.2) is 39.8 Å². The van der Waals surface area contributed by atoms with E-state index in [1.807, 2.05) is 60.5 Å². The predicted octanol–water partition coefficient (Wildman–Crippen LogP) is 3.31. The van der Waals surface area contributed by atoms with Crippen LogP contribution in [-0.2, 0) is 14.0 Å². The average molecular weight is 320 g/mol. The lowest BCUT2D eigenvalue weighted by Gasteiger charge is -2.32. The van der Waals surface area contributed by atoms with E-state index in [1.165, 1.54) is 4.68 Å². The van der Waals surface area contributed by atoms with Crippen molar-refractivity contribution >= 4 is 19.3 Å². The molecule has 23 heavy (non-hydrogen) atoms. The van der Waals surface area contributed by atoms with E-state index in [0.717, 1.165) is 5.56 Å². The summed E-state index contributed by atoms with van der Waals surface area (Å²) in [4.78, 5) is 11.9. The summed E-state index contributed by atoms with van der Waals surface area (Å²) in [7, 11) is -0.426. The minimum atomic E-state index is -0.554. The first kappa shape index (κ1) is 17.8. The molecule has 1 aliphatic rings. The highest BCUT2D eigenvalue weighted by molar-refractivity contribution is 6.52. The molecule has 2 rings (SSSR count). The number of nitrogens with zero attached hydrogens (tertiary/aromatic N) is 2. The molecule has 1 aromatic rings. The van der Waals surface area contributed by atoms with E-state index >= 15 is 0 Å². The average Bonchev–Trinajstić information content (AvgIpc) is 2.88. The number of carbonyl (C=O) groups is 1. The maximum absolute atomic E-state index is 11.9. The van der Waals surface area contributed by atoms with Gasteiger partial charge in [0.25, 0.3) is 0 Å². The van der Waals surface area contributed by atoms with E-state index in [9.17, 15) is 4.79 Å². The van der Waals surface area contributed by atoms with Crippen LogP contribution in [0.15, 0.2) is 18.4 Å². The van der Waals surface area contributed by atoms with Crippen LogP contribution in [0.3, 0.4) is 0 Å². The minimum absolute atomic E-state index is 0.372. The van der Waals surface area contributed by atoms with Crippen LogP contribution in [0.4, 0.5) is 4.79 Å². The molecule has 0 amide bonds. The molecule has 0 radical (unpaired) electrons. The largest absolute Gasteiger partial charge is 0.487 e. The van der Waals surface area contributed by atoms with E-state index < -0.39 is 18.8 Å². The van der Waals surface area contributed by atoms with Crippen LogP contribution in [0, 0.1) is 0 Å². The fourth-order valence-corrected chi connectivity index (χ4v) is 1.99. The van der Waals surface area contributed by atoms with Crippen molar-refractivity contribution in [3.63, 3.8) is 0 Å². The van der Waals surface area contributed by atoms with Crippen molar-refractivity contribution in [2.45, 2.75) is 65.3 Å². The molecule has 1 fully saturated rings. The third-order valence-corrected chi connectivity index (χ3v) is 3.90. The summed E-state index contributed by atoms with van der Waals surface area (Å²) >= 11 is 0. The van der Waals surface area contributed by atoms with Gasteiger partial charge in [-0.2, -0.15) is 9.78 Å². The van der Waals surface area contributed by atoms with E-state index in [0.29, 0.717) is 0 Å². The van der Waals surface area contributed by atoms with Gasteiger partial charge in [-0.15, -0.1) is 0 Å². The molecule has 0 spiro atoms. The van der Waals surface area contributed by atoms with Crippen molar-refractivity contribution in [3.05, 3.63) is 23.9 Å². The molecular weight excluding hydrogens is 295 g/mol. The second-order valence-corrected chi connectivity index (χ2v) is 7.68. The van der Waals surface area contributed by atoms with Gasteiger partial charge < -0.3 is 14.0 Å². The Bertz CT molecular complexity index is 598. The number of hydrogen-bond acceptors (Lipinski definition) is 5. The highest BCUT2D eigenvalue weighted by atomic mass is 16.7. The highest BCUT2D eigenvalue weighted by Crippen LogP contribution is 2.36. The molecule has 2 heterocycles. The Morgan fingerprint density at radius 2 is 1.83 bits per heavy atom. The molecule has 0 atom stereocenters. The Kier molecular flexibility index (Phi) is 4.48. The monoisotopic (exact) mass is 320 g/mol. The van der Waals surface area contributed by atoms with Crippen molar-refractivity contribution in [2.75, 3.05) is 0 Å². The molecule has 6 nitrogen and oxygen atoms in total. The molecule has 1 aliphatic heterocycles. The molecule has 0 bridgehead atoms. The van der Waals surface area contributed by atoms with Gasteiger partial charge in [-0.05, 0) is 48.5 Å². The lowest BCUT2D eigenvalue weighted by Crippen LogP contribution is -2.41. The number of aromatic nitrogens is 2. The second kappa shape index (κ2) is 5.80. The Morgan fingerprint density at radius 1 is 1.26 bits per heavy atom. The minimum Gasteiger partial charge on any atom is -0.442 e. The topological polar surface area (TPSA) is 62.6 Å². The molecule has 126 valence electrons. The van der Waals surface area contributed by atoms with Gasteiger partial charge in [-0.1, -0.05) is 12.1 Å². The summed E-state index contributed by atoms with van der Waals surface area (Å²) in [5.74, 6) is 1.81. The van der Waals surface area contributed by atoms with Crippen LogP contribution in [0.25, 0.3) is 6.08 Å². The molecule has 0 unspecified atom stereocenters. The van der Waals surface area contributed by atoms with Gasteiger partial charge in [0.05, 0.1) is 17.4 Å². The normalized spacial score (nSPS) is 20.2. The highest BCUT2D eigenvalue weighted by Gasteiger charge is 2.50. The van der Waals surface area contributed by atoms with Gasteiger partial charge in [0, 0.05) is 11.8 Å². The number of carbonyl (C=O) groups excluding carboxylic acids is 1. The van der Waals surface area contributed by atoms with Gasteiger partial charge in [0.15, 0.2) is 0 Å². The van der Waals surface area contributed by atoms with Crippen LogP contribution >= 0.6 is 0 Å². The van der Waals surface area contributed by atoms with Gasteiger partial charge in [-0.3, -0.25) is 0 Å². The van der Waals surface area contributed by atoms with Crippen molar-refractivity contribution in [1.82, 2.24) is 9.78 Å². The Labute approximate surface area is 137 Å². The van der Waals surface area contributed by atoms with Crippen molar-refractivity contribution < 1.29 is 18.8 Å². The first-order valence-electron chi connectivity index (χ1n) is 7.71. The SMILES string of the molecule is CC(C)(C)OC(=O)n1cc(/C=C/B2OC(C)(C)C(C)(C)O2)cn1. The van der Waals surface area contributed by atoms with Gasteiger partial charge in [0.1, 0.15) is 5.60 Å². The van der Waals surface area contributed by atoms with E-state index in [1.54, 1.807) is 12.4 Å². The van der Waals surface area contributed by atoms with Crippen LogP contribution < -0.4 is 0 Å². The first-order chi connectivity index (χ1) is 10.4. The molecular formula is C16H25BN2O4. The van der Waals surface area contributed by atoms with E-state index in [2.05, 4.69) is 5.10 Å². The lowest BCUT2D eigenvalue weighted by atomic mass is 9.89. The Morgan fingerprint density at radius 3 is 2.35 bits per heavy atom. The number of ether oxygens (including phenoxy) is 1. The molecule has 1 saturated heterocycles. The van der Waals surface area contributed by atoms with E-state index in [4.69, 9.17) is 14.0 Å². The zero-order valence-electron chi connectivity index (χ0n) is 14.9. The van der Waals surface area contributed by atoms with Crippen molar-refractivity contribution in [3.8, 4) is 0 Å².